The van der Waals surface area contributed by atoms with E-state index >= 15 is 0 Å². The van der Waals surface area contributed by atoms with Gasteiger partial charge >= 0.3 is 0 Å². The first-order chi connectivity index (χ1) is 18.1. The van der Waals surface area contributed by atoms with Crippen LogP contribution in [0.15, 0.2) is 71.1 Å². The molecule has 9 nitrogen and oxygen atoms in total. The molecule has 37 heavy (non-hydrogen) atoms. The number of thioether (sulfide) groups is 1. The highest BCUT2D eigenvalue weighted by molar-refractivity contribution is 7.99. The number of hydrogen-bond acceptors (Lipinski definition) is 10. The number of benzene rings is 2. The van der Waals surface area contributed by atoms with Crippen molar-refractivity contribution in [1.82, 2.24) is 20.0 Å². The zero-order chi connectivity index (χ0) is 25.4. The molecule has 2 N–H and O–H groups in total. The number of nitrogens with zero attached hydrogens (tertiary/aromatic N) is 4. The number of fused-ring (bicyclic) bond motifs is 1. The number of nitrogen functional groups attached to an aromatic ring is 1. The average molecular weight is 558 g/mol. The Bertz CT molecular complexity index is 1360. The highest BCUT2D eigenvalue weighted by atomic mass is 35.5. The SMILES string of the molecule is COC1C(Sc2cccc(Cl)c2)OC2COC(c3ccccc3)OC2C1n1cc(-c2csc(N)n2)nn1. The van der Waals surface area contributed by atoms with Crippen molar-refractivity contribution in [3.63, 3.8) is 0 Å². The van der Waals surface area contributed by atoms with Gasteiger partial charge in [0.05, 0.1) is 12.8 Å². The van der Waals surface area contributed by atoms with Crippen LogP contribution < -0.4 is 5.73 Å². The minimum atomic E-state index is -0.537. The Balaban J connectivity index is 1.35. The summed E-state index contributed by atoms with van der Waals surface area (Å²) in [5, 5.41) is 11.8. The van der Waals surface area contributed by atoms with Gasteiger partial charge in [0.15, 0.2) is 11.4 Å². The van der Waals surface area contributed by atoms with E-state index in [1.54, 1.807) is 11.8 Å². The maximum absolute atomic E-state index is 6.53. The lowest BCUT2D eigenvalue weighted by molar-refractivity contribution is -0.308. The molecule has 2 aliphatic rings. The van der Waals surface area contributed by atoms with Gasteiger partial charge in [-0.15, -0.1) is 16.4 Å². The molecule has 4 aromatic rings. The van der Waals surface area contributed by atoms with Crippen LogP contribution in [0.5, 0.6) is 0 Å². The molecule has 0 bridgehead atoms. The fourth-order valence-corrected chi connectivity index (χ4v) is 6.65. The van der Waals surface area contributed by atoms with Crippen molar-refractivity contribution >= 4 is 39.8 Å². The molecule has 2 aliphatic heterocycles. The van der Waals surface area contributed by atoms with Gasteiger partial charge in [0.2, 0.25) is 0 Å². The lowest BCUT2D eigenvalue weighted by Gasteiger charge is -2.48. The summed E-state index contributed by atoms with van der Waals surface area (Å²) >= 11 is 9.14. The van der Waals surface area contributed by atoms with Crippen LogP contribution in [0.4, 0.5) is 5.13 Å². The predicted molar refractivity (Wildman–Crippen MR) is 141 cm³/mol. The van der Waals surface area contributed by atoms with E-state index < -0.39 is 18.5 Å². The molecule has 0 amide bonds. The van der Waals surface area contributed by atoms with Crippen molar-refractivity contribution in [2.75, 3.05) is 19.5 Å². The third-order valence-corrected chi connectivity index (χ3v) is 8.35. The fraction of sp³-hybridized carbons (Fsp3) is 0.320. The molecule has 6 unspecified atom stereocenters. The van der Waals surface area contributed by atoms with Crippen molar-refractivity contribution in [2.24, 2.45) is 0 Å². The molecule has 0 aliphatic carbocycles. The molecular formula is C25H24ClN5O4S2. The van der Waals surface area contributed by atoms with Crippen molar-refractivity contribution < 1.29 is 18.9 Å². The van der Waals surface area contributed by atoms with Crippen LogP contribution >= 0.6 is 34.7 Å². The topological polar surface area (TPSA) is 107 Å². The molecule has 2 fully saturated rings. The smallest absolute Gasteiger partial charge is 0.184 e. The van der Waals surface area contributed by atoms with Crippen LogP contribution in [0.25, 0.3) is 11.4 Å². The highest BCUT2D eigenvalue weighted by Crippen LogP contribution is 2.44. The van der Waals surface area contributed by atoms with Crippen molar-refractivity contribution in [1.29, 1.82) is 0 Å². The van der Waals surface area contributed by atoms with E-state index in [2.05, 4.69) is 15.3 Å². The van der Waals surface area contributed by atoms with Gasteiger partial charge < -0.3 is 24.7 Å². The van der Waals surface area contributed by atoms with Gasteiger partial charge in [-0.05, 0) is 18.2 Å². The summed E-state index contributed by atoms with van der Waals surface area (Å²) in [4.78, 5) is 5.31. The van der Waals surface area contributed by atoms with Gasteiger partial charge in [0.1, 0.15) is 41.2 Å². The number of hydrogen-bond donors (Lipinski definition) is 1. The van der Waals surface area contributed by atoms with Crippen LogP contribution in [-0.2, 0) is 18.9 Å². The molecular weight excluding hydrogens is 534 g/mol. The largest absolute Gasteiger partial charge is 0.375 e. The maximum atomic E-state index is 6.53. The molecule has 12 heteroatoms. The van der Waals surface area contributed by atoms with Crippen LogP contribution in [-0.4, -0.2) is 57.4 Å². The number of ether oxygens (including phenoxy) is 4. The Kier molecular flexibility index (Phi) is 7.17. The summed E-state index contributed by atoms with van der Waals surface area (Å²) < 4.78 is 27.0. The molecule has 2 saturated heterocycles. The van der Waals surface area contributed by atoms with Gasteiger partial charge in [0, 0.05) is 28.0 Å². The van der Waals surface area contributed by atoms with Crippen LogP contribution in [0.1, 0.15) is 17.9 Å². The molecule has 2 aromatic heterocycles. The minimum Gasteiger partial charge on any atom is -0.375 e. The van der Waals surface area contributed by atoms with Crippen LogP contribution in [0, 0.1) is 0 Å². The van der Waals surface area contributed by atoms with Gasteiger partial charge in [-0.25, -0.2) is 9.67 Å². The normalized spacial score (nSPS) is 27.6. The maximum Gasteiger partial charge on any atom is 0.184 e. The fourth-order valence-electron chi connectivity index (χ4n) is 4.61. The Labute approximate surface area is 226 Å². The zero-order valence-corrected chi connectivity index (χ0v) is 22.1. The second-order valence-corrected chi connectivity index (χ2v) is 11.1. The highest BCUT2D eigenvalue weighted by Gasteiger charge is 2.52. The number of nitrogens with two attached hydrogens (primary N) is 1. The Morgan fingerprint density at radius 3 is 2.76 bits per heavy atom. The minimum absolute atomic E-state index is 0.351. The second-order valence-electron chi connectivity index (χ2n) is 8.64. The van der Waals surface area contributed by atoms with E-state index in [1.165, 1.54) is 23.1 Å². The Morgan fingerprint density at radius 1 is 1.14 bits per heavy atom. The summed E-state index contributed by atoms with van der Waals surface area (Å²) in [6.07, 6.45) is 0.135. The third kappa shape index (κ3) is 5.13. The van der Waals surface area contributed by atoms with Gasteiger partial charge in [-0.2, -0.15) is 0 Å². The predicted octanol–water partition coefficient (Wildman–Crippen LogP) is 4.82. The number of methoxy groups -OCH3 is 1. The van der Waals surface area contributed by atoms with Gasteiger partial charge in [0.25, 0.3) is 0 Å². The number of halogens is 1. The quantitative estimate of drug-likeness (QED) is 0.357. The first-order valence-electron chi connectivity index (χ1n) is 11.6. The number of thiazole rings is 1. The molecule has 192 valence electrons. The van der Waals surface area contributed by atoms with E-state index in [-0.39, 0.29) is 17.6 Å². The van der Waals surface area contributed by atoms with Crippen molar-refractivity contribution in [2.45, 2.75) is 41.0 Å². The molecule has 0 saturated carbocycles. The average Bonchev–Trinajstić information content (AvgIpc) is 3.57. The molecule has 4 heterocycles. The number of aromatic nitrogens is 4. The number of anilines is 1. The molecule has 0 radical (unpaired) electrons. The summed E-state index contributed by atoms with van der Waals surface area (Å²) in [5.74, 6) is 0. The van der Waals surface area contributed by atoms with E-state index in [9.17, 15) is 0 Å². The first kappa shape index (κ1) is 24.8. The van der Waals surface area contributed by atoms with Gasteiger partial charge in [-0.3, -0.25) is 0 Å². The second kappa shape index (κ2) is 10.7. The summed E-state index contributed by atoms with van der Waals surface area (Å²) in [6.45, 7) is 0.355. The standard InChI is InChI=1S/C25H24ClN5O4S2/c1-32-22-20(31-11-17(29-30-31)18-13-36-25(27)28-18)21-19(12-33-23(35-21)14-6-3-2-4-7-14)34-24(22)37-16-9-5-8-15(26)10-16/h2-11,13,19-24H,12H2,1H3,(H2,27,28). The lowest BCUT2D eigenvalue weighted by Crippen LogP contribution is -2.59. The Hall–Kier alpha value is -2.51. The third-order valence-electron chi connectivity index (χ3n) is 6.30. The molecule has 0 spiro atoms. The van der Waals surface area contributed by atoms with Gasteiger partial charge in [-0.1, -0.05) is 65.0 Å². The van der Waals surface area contributed by atoms with E-state index in [0.717, 1.165) is 10.5 Å². The van der Waals surface area contributed by atoms with E-state index in [0.29, 0.717) is 28.1 Å². The lowest BCUT2D eigenvalue weighted by atomic mass is 9.95. The monoisotopic (exact) mass is 557 g/mol. The van der Waals surface area contributed by atoms with E-state index in [1.807, 2.05) is 66.2 Å². The number of rotatable bonds is 6. The Morgan fingerprint density at radius 2 is 2.00 bits per heavy atom. The molecule has 2 aromatic carbocycles. The first-order valence-corrected chi connectivity index (χ1v) is 13.8. The molecule has 6 rings (SSSR count). The summed E-state index contributed by atoms with van der Waals surface area (Å²) in [5.41, 5.74) is 7.69. The van der Waals surface area contributed by atoms with Crippen LogP contribution in [0.3, 0.4) is 0 Å². The zero-order valence-electron chi connectivity index (χ0n) is 19.7. The van der Waals surface area contributed by atoms with Crippen LogP contribution in [0.2, 0.25) is 5.02 Å². The van der Waals surface area contributed by atoms with E-state index in [4.69, 9.17) is 36.3 Å². The van der Waals surface area contributed by atoms with Crippen molar-refractivity contribution in [3.05, 3.63) is 76.8 Å². The summed E-state index contributed by atoms with van der Waals surface area (Å²) in [7, 11) is 1.67. The molecule has 6 atom stereocenters. The van der Waals surface area contributed by atoms with Crippen molar-refractivity contribution in [3.8, 4) is 11.4 Å². The summed E-state index contributed by atoms with van der Waals surface area (Å²) in [6, 6.07) is 17.1.